The van der Waals surface area contributed by atoms with Crippen molar-refractivity contribution >= 4 is 0 Å². The van der Waals surface area contributed by atoms with E-state index in [0.29, 0.717) is 5.92 Å². The lowest BCUT2D eigenvalue weighted by atomic mass is 9.87. The molecule has 1 aromatic rings. The van der Waals surface area contributed by atoms with E-state index >= 15 is 0 Å². The van der Waals surface area contributed by atoms with Gasteiger partial charge < -0.3 is 5.11 Å². The molecule has 0 saturated heterocycles. The fourth-order valence-electron chi connectivity index (χ4n) is 2.70. The van der Waals surface area contributed by atoms with Gasteiger partial charge >= 0.3 is 0 Å². The Morgan fingerprint density at radius 1 is 1.19 bits per heavy atom. The van der Waals surface area contributed by atoms with Crippen LogP contribution in [0.2, 0.25) is 0 Å². The first-order chi connectivity index (χ1) is 7.40. The van der Waals surface area contributed by atoms with Gasteiger partial charge in [-0.05, 0) is 63.1 Å². The molecule has 0 bridgehead atoms. The van der Waals surface area contributed by atoms with Crippen LogP contribution in [-0.2, 0) is 6.42 Å². The van der Waals surface area contributed by atoms with Crippen LogP contribution in [0.5, 0.6) is 0 Å². The lowest BCUT2D eigenvalue weighted by molar-refractivity contribution is 0.0369. The van der Waals surface area contributed by atoms with Crippen molar-refractivity contribution in [3.63, 3.8) is 0 Å². The summed E-state index contributed by atoms with van der Waals surface area (Å²) in [6.45, 7) is 8.42. The second kappa shape index (κ2) is 3.89. The van der Waals surface area contributed by atoms with Crippen LogP contribution in [0.3, 0.4) is 0 Å². The molecule has 0 heterocycles. The topological polar surface area (TPSA) is 20.2 Å². The Hall–Kier alpha value is -0.820. The molecule has 16 heavy (non-hydrogen) atoms. The quantitative estimate of drug-likeness (QED) is 0.825. The maximum Gasteiger partial charge on any atom is 0.0688 e. The zero-order valence-corrected chi connectivity index (χ0v) is 10.8. The van der Waals surface area contributed by atoms with Crippen molar-refractivity contribution in [3.8, 4) is 0 Å². The Morgan fingerprint density at radius 3 is 2.12 bits per heavy atom. The van der Waals surface area contributed by atoms with Gasteiger partial charge in [-0.25, -0.2) is 0 Å². The van der Waals surface area contributed by atoms with Gasteiger partial charge in [-0.1, -0.05) is 17.7 Å². The van der Waals surface area contributed by atoms with E-state index in [1.807, 2.05) is 6.92 Å². The summed E-state index contributed by atoms with van der Waals surface area (Å²) in [4.78, 5) is 0. The van der Waals surface area contributed by atoms with Gasteiger partial charge in [-0.3, -0.25) is 0 Å². The molecule has 88 valence electrons. The van der Waals surface area contributed by atoms with E-state index in [1.54, 1.807) is 0 Å². The number of benzene rings is 1. The van der Waals surface area contributed by atoms with Crippen molar-refractivity contribution in [2.75, 3.05) is 0 Å². The SMILES string of the molecule is Cc1cc(C)c(CC(C)(O)C2CC2)c(C)c1. The summed E-state index contributed by atoms with van der Waals surface area (Å²) in [5, 5.41) is 10.4. The highest BCUT2D eigenvalue weighted by Crippen LogP contribution is 2.41. The number of aryl methyl sites for hydroxylation is 3. The largest absolute Gasteiger partial charge is 0.390 e. The van der Waals surface area contributed by atoms with Crippen LogP contribution in [0.1, 0.15) is 42.0 Å². The molecule has 1 unspecified atom stereocenters. The van der Waals surface area contributed by atoms with Crippen molar-refractivity contribution in [1.82, 2.24) is 0 Å². The van der Waals surface area contributed by atoms with Gasteiger partial charge in [0.1, 0.15) is 0 Å². The van der Waals surface area contributed by atoms with E-state index in [9.17, 15) is 5.11 Å². The molecular formula is C15H22O. The Morgan fingerprint density at radius 2 is 1.69 bits per heavy atom. The zero-order chi connectivity index (χ0) is 11.9. The Bertz CT molecular complexity index is 377. The van der Waals surface area contributed by atoms with Gasteiger partial charge in [0.15, 0.2) is 0 Å². The number of hydrogen-bond acceptors (Lipinski definition) is 1. The third-order valence-corrected chi connectivity index (χ3v) is 3.83. The Labute approximate surface area is 98.5 Å². The molecule has 1 aliphatic rings. The Balaban J connectivity index is 2.27. The van der Waals surface area contributed by atoms with Gasteiger partial charge in [0.25, 0.3) is 0 Å². The van der Waals surface area contributed by atoms with Crippen molar-refractivity contribution in [1.29, 1.82) is 0 Å². The van der Waals surface area contributed by atoms with Crippen LogP contribution >= 0.6 is 0 Å². The highest BCUT2D eigenvalue weighted by atomic mass is 16.3. The second-order valence-electron chi connectivity index (χ2n) is 5.69. The summed E-state index contributed by atoms with van der Waals surface area (Å²) in [7, 11) is 0. The van der Waals surface area contributed by atoms with Crippen LogP contribution < -0.4 is 0 Å². The third kappa shape index (κ3) is 2.30. The van der Waals surface area contributed by atoms with E-state index < -0.39 is 5.60 Å². The van der Waals surface area contributed by atoms with E-state index in [-0.39, 0.29) is 0 Å². The van der Waals surface area contributed by atoms with Crippen molar-refractivity contribution in [2.24, 2.45) is 5.92 Å². The average Bonchev–Trinajstić information content (AvgIpc) is 2.94. The monoisotopic (exact) mass is 218 g/mol. The minimum atomic E-state index is -0.509. The van der Waals surface area contributed by atoms with Gasteiger partial charge in [-0.2, -0.15) is 0 Å². The van der Waals surface area contributed by atoms with Crippen LogP contribution in [0.4, 0.5) is 0 Å². The summed E-state index contributed by atoms with van der Waals surface area (Å²) >= 11 is 0. The minimum Gasteiger partial charge on any atom is -0.390 e. The minimum absolute atomic E-state index is 0.509. The summed E-state index contributed by atoms with van der Waals surface area (Å²) in [6.07, 6.45) is 3.18. The lowest BCUT2D eigenvalue weighted by Crippen LogP contribution is -2.30. The lowest BCUT2D eigenvalue weighted by Gasteiger charge is -2.25. The molecule has 1 saturated carbocycles. The van der Waals surface area contributed by atoms with Gasteiger partial charge in [0.05, 0.1) is 5.60 Å². The molecule has 1 atom stereocenters. The molecule has 1 nitrogen and oxygen atoms in total. The zero-order valence-electron chi connectivity index (χ0n) is 10.8. The molecule has 1 heteroatoms. The first kappa shape index (κ1) is 11.7. The van der Waals surface area contributed by atoms with Crippen LogP contribution in [0.15, 0.2) is 12.1 Å². The van der Waals surface area contributed by atoms with Crippen molar-refractivity contribution < 1.29 is 5.11 Å². The van der Waals surface area contributed by atoms with Crippen molar-refractivity contribution in [2.45, 2.75) is 52.6 Å². The maximum absolute atomic E-state index is 10.4. The van der Waals surface area contributed by atoms with Crippen molar-refractivity contribution in [3.05, 3.63) is 34.4 Å². The summed E-state index contributed by atoms with van der Waals surface area (Å²) in [5.74, 6) is 0.521. The van der Waals surface area contributed by atoms with E-state index in [0.717, 1.165) is 6.42 Å². The molecule has 0 radical (unpaired) electrons. The molecule has 1 fully saturated rings. The van der Waals surface area contributed by atoms with E-state index in [1.165, 1.54) is 35.1 Å². The molecular weight excluding hydrogens is 196 g/mol. The van der Waals surface area contributed by atoms with Gasteiger partial charge in [-0.15, -0.1) is 0 Å². The highest BCUT2D eigenvalue weighted by Gasteiger charge is 2.40. The van der Waals surface area contributed by atoms with Crippen LogP contribution in [-0.4, -0.2) is 10.7 Å². The highest BCUT2D eigenvalue weighted by molar-refractivity contribution is 5.38. The number of rotatable bonds is 3. The molecule has 1 aliphatic carbocycles. The summed E-state index contributed by atoms with van der Waals surface area (Å²) < 4.78 is 0. The average molecular weight is 218 g/mol. The number of hydrogen-bond donors (Lipinski definition) is 1. The first-order valence-corrected chi connectivity index (χ1v) is 6.19. The van der Waals surface area contributed by atoms with E-state index in [4.69, 9.17) is 0 Å². The van der Waals surface area contributed by atoms with Crippen LogP contribution in [0, 0.1) is 26.7 Å². The predicted molar refractivity (Wildman–Crippen MR) is 67.7 cm³/mol. The fraction of sp³-hybridized carbons (Fsp3) is 0.600. The molecule has 1 N–H and O–H groups in total. The maximum atomic E-state index is 10.4. The molecule has 2 rings (SSSR count). The summed E-state index contributed by atoms with van der Waals surface area (Å²) in [5.41, 5.74) is 4.77. The molecule has 0 aliphatic heterocycles. The second-order valence-corrected chi connectivity index (χ2v) is 5.69. The Kier molecular flexibility index (Phi) is 2.83. The van der Waals surface area contributed by atoms with Crippen LogP contribution in [0.25, 0.3) is 0 Å². The van der Waals surface area contributed by atoms with Gasteiger partial charge in [0, 0.05) is 6.42 Å². The molecule has 0 amide bonds. The fourth-order valence-corrected chi connectivity index (χ4v) is 2.70. The standard InChI is InChI=1S/C15H22O/c1-10-7-11(2)14(12(3)8-10)9-15(4,16)13-5-6-13/h7-8,13,16H,5-6,9H2,1-4H3. The normalized spacial score (nSPS) is 19.6. The number of aliphatic hydroxyl groups is 1. The smallest absolute Gasteiger partial charge is 0.0688 e. The molecule has 1 aromatic carbocycles. The summed E-state index contributed by atoms with van der Waals surface area (Å²) in [6, 6.07) is 4.43. The van der Waals surface area contributed by atoms with Gasteiger partial charge in [0.2, 0.25) is 0 Å². The third-order valence-electron chi connectivity index (χ3n) is 3.83. The molecule has 0 aromatic heterocycles. The predicted octanol–water partition coefficient (Wildman–Crippen LogP) is 3.32. The van der Waals surface area contributed by atoms with E-state index in [2.05, 4.69) is 32.9 Å². The first-order valence-electron chi connectivity index (χ1n) is 6.19. The molecule has 0 spiro atoms.